The normalized spacial score (nSPS) is 18.4. The zero-order chi connectivity index (χ0) is 16.9. The first kappa shape index (κ1) is 16.5. The van der Waals surface area contributed by atoms with Crippen molar-refractivity contribution in [2.45, 2.75) is 19.3 Å². The van der Waals surface area contributed by atoms with Crippen LogP contribution in [0.3, 0.4) is 0 Å². The van der Waals surface area contributed by atoms with Crippen molar-refractivity contribution in [3.63, 3.8) is 0 Å². The number of piperidine rings is 1. The molecule has 0 radical (unpaired) electrons. The number of carbonyl (C=O) groups excluding carboxylic acids is 1. The second kappa shape index (κ2) is 7.45. The van der Waals surface area contributed by atoms with Gasteiger partial charge in [-0.05, 0) is 30.8 Å². The Labute approximate surface area is 141 Å². The molecule has 1 atom stereocenters. The van der Waals surface area contributed by atoms with Crippen molar-refractivity contribution in [1.29, 1.82) is 0 Å². The van der Waals surface area contributed by atoms with Gasteiger partial charge in [0.25, 0.3) is 0 Å². The molecule has 1 saturated heterocycles. The van der Waals surface area contributed by atoms with E-state index >= 15 is 0 Å². The molecule has 3 rings (SSSR count). The van der Waals surface area contributed by atoms with Crippen molar-refractivity contribution in [2.75, 3.05) is 25.0 Å². The van der Waals surface area contributed by atoms with E-state index in [4.69, 9.17) is 5.11 Å². The van der Waals surface area contributed by atoms with Crippen LogP contribution in [0.1, 0.15) is 19.3 Å². The van der Waals surface area contributed by atoms with Crippen molar-refractivity contribution in [3.8, 4) is 0 Å². The van der Waals surface area contributed by atoms with Crippen molar-refractivity contribution in [2.24, 2.45) is 5.92 Å². The summed E-state index contributed by atoms with van der Waals surface area (Å²) in [4.78, 5) is 25.4. The van der Waals surface area contributed by atoms with Crippen LogP contribution in [-0.4, -0.2) is 41.5 Å². The van der Waals surface area contributed by atoms with Gasteiger partial charge in [0.1, 0.15) is 0 Å². The Morgan fingerprint density at radius 3 is 2.79 bits per heavy atom. The number of likely N-dealkylation sites (tertiary alicyclic amines) is 1. The number of aliphatic carboxylic acids is 1. The number of carbonyl (C=O) groups is 2. The van der Waals surface area contributed by atoms with Gasteiger partial charge in [0.05, 0.1) is 5.92 Å². The zero-order valence-corrected chi connectivity index (χ0v) is 13.6. The lowest BCUT2D eigenvalue weighted by Gasteiger charge is -2.30. The van der Waals surface area contributed by atoms with Crippen LogP contribution >= 0.6 is 0 Å². The van der Waals surface area contributed by atoms with Crippen LogP contribution in [0.2, 0.25) is 0 Å². The third kappa shape index (κ3) is 3.92. The molecule has 5 nitrogen and oxygen atoms in total. The topological polar surface area (TPSA) is 69.6 Å². The number of rotatable bonds is 5. The second-order valence-electron chi connectivity index (χ2n) is 6.30. The highest BCUT2D eigenvalue weighted by molar-refractivity contribution is 6.02. The van der Waals surface area contributed by atoms with E-state index in [9.17, 15) is 9.59 Å². The summed E-state index contributed by atoms with van der Waals surface area (Å²) in [6, 6.07) is 13.8. The maximum Gasteiger partial charge on any atom is 0.307 e. The van der Waals surface area contributed by atoms with Crippen LogP contribution in [0.5, 0.6) is 0 Å². The summed E-state index contributed by atoms with van der Waals surface area (Å²) < 4.78 is 0. The van der Waals surface area contributed by atoms with Crippen LogP contribution in [0.4, 0.5) is 5.69 Å². The molecule has 1 heterocycles. The fraction of sp³-hybridized carbons (Fsp3) is 0.368. The predicted molar refractivity (Wildman–Crippen MR) is 94.0 cm³/mol. The summed E-state index contributed by atoms with van der Waals surface area (Å²) in [7, 11) is 0. The van der Waals surface area contributed by atoms with E-state index in [1.54, 1.807) is 0 Å². The molecule has 5 heteroatoms. The molecule has 0 spiro atoms. The first-order valence-corrected chi connectivity index (χ1v) is 8.36. The lowest BCUT2D eigenvalue weighted by molar-refractivity contribution is -0.143. The van der Waals surface area contributed by atoms with Gasteiger partial charge in [-0.2, -0.15) is 0 Å². The average molecular weight is 326 g/mol. The number of nitrogens with zero attached hydrogens (tertiary/aromatic N) is 1. The Morgan fingerprint density at radius 2 is 1.96 bits per heavy atom. The molecule has 1 aliphatic heterocycles. The quantitative estimate of drug-likeness (QED) is 0.886. The molecule has 2 aromatic rings. The minimum Gasteiger partial charge on any atom is -0.481 e. The third-order valence-corrected chi connectivity index (χ3v) is 4.57. The number of benzene rings is 2. The van der Waals surface area contributed by atoms with E-state index in [0.717, 1.165) is 35.8 Å². The van der Waals surface area contributed by atoms with Crippen molar-refractivity contribution >= 4 is 28.3 Å². The monoisotopic (exact) mass is 326 g/mol. The Morgan fingerprint density at radius 1 is 1.17 bits per heavy atom. The van der Waals surface area contributed by atoms with Crippen LogP contribution < -0.4 is 5.32 Å². The molecular formula is C19H22N2O3. The van der Waals surface area contributed by atoms with Gasteiger partial charge in [0, 0.05) is 30.6 Å². The number of hydrogen-bond acceptors (Lipinski definition) is 3. The fourth-order valence-electron chi connectivity index (χ4n) is 3.27. The Balaban J connectivity index is 1.57. The molecule has 1 unspecified atom stereocenters. The van der Waals surface area contributed by atoms with Gasteiger partial charge in [0.15, 0.2) is 0 Å². The summed E-state index contributed by atoms with van der Waals surface area (Å²) in [5, 5.41) is 14.2. The maximum atomic E-state index is 12.3. The first-order chi connectivity index (χ1) is 11.6. The predicted octanol–water partition coefficient (Wildman–Crippen LogP) is 2.97. The van der Waals surface area contributed by atoms with E-state index in [-0.39, 0.29) is 11.8 Å². The van der Waals surface area contributed by atoms with Gasteiger partial charge >= 0.3 is 5.97 Å². The van der Waals surface area contributed by atoms with Gasteiger partial charge in [0.2, 0.25) is 5.91 Å². The SMILES string of the molecule is O=C(CCN1CCCC(C(=O)O)C1)Nc1cccc2ccccc12. The van der Waals surface area contributed by atoms with Crippen molar-refractivity contribution in [3.05, 3.63) is 42.5 Å². The van der Waals surface area contributed by atoms with Crippen LogP contribution in [-0.2, 0) is 9.59 Å². The van der Waals surface area contributed by atoms with E-state index in [0.29, 0.717) is 19.5 Å². The molecular weight excluding hydrogens is 304 g/mol. The molecule has 0 bridgehead atoms. The summed E-state index contributed by atoms with van der Waals surface area (Å²) in [5.74, 6) is -1.08. The van der Waals surface area contributed by atoms with E-state index in [1.165, 1.54) is 0 Å². The van der Waals surface area contributed by atoms with Gasteiger partial charge in [-0.3, -0.25) is 9.59 Å². The molecule has 0 saturated carbocycles. The smallest absolute Gasteiger partial charge is 0.307 e. The molecule has 24 heavy (non-hydrogen) atoms. The maximum absolute atomic E-state index is 12.3. The highest BCUT2D eigenvalue weighted by Gasteiger charge is 2.25. The Kier molecular flexibility index (Phi) is 5.11. The van der Waals surface area contributed by atoms with Gasteiger partial charge in [-0.15, -0.1) is 0 Å². The lowest BCUT2D eigenvalue weighted by Crippen LogP contribution is -2.40. The Bertz CT molecular complexity index is 739. The van der Waals surface area contributed by atoms with Gasteiger partial charge < -0.3 is 15.3 Å². The van der Waals surface area contributed by atoms with E-state index < -0.39 is 5.97 Å². The zero-order valence-electron chi connectivity index (χ0n) is 13.6. The lowest BCUT2D eigenvalue weighted by atomic mass is 9.98. The molecule has 1 aliphatic rings. The molecule has 2 N–H and O–H groups in total. The molecule has 1 fully saturated rings. The largest absolute Gasteiger partial charge is 0.481 e. The molecule has 1 amide bonds. The Hall–Kier alpha value is -2.40. The van der Waals surface area contributed by atoms with Crippen molar-refractivity contribution < 1.29 is 14.7 Å². The number of hydrogen-bond donors (Lipinski definition) is 2. The van der Waals surface area contributed by atoms with E-state index in [2.05, 4.69) is 10.2 Å². The summed E-state index contributed by atoms with van der Waals surface area (Å²) in [6.45, 7) is 2.00. The average Bonchev–Trinajstić information content (AvgIpc) is 2.60. The van der Waals surface area contributed by atoms with Crippen LogP contribution in [0.25, 0.3) is 10.8 Å². The van der Waals surface area contributed by atoms with Crippen molar-refractivity contribution in [1.82, 2.24) is 4.90 Å². The third-order valence-electron chi connectivity index (χ3n) is 4.57. The molecule has 126 valence electrons. The molecule has 0 aliphatic carbocycles. The highest BCUT2D eigenvalue weighted by Crippen LogP contribution is 2.23. The first-order valence-electron chi connectivity index (χ1n) is 8.36. The molecule has 0 aromatic heterocycles. The van der Waals surface area contributed by atoms with Crippen LogP contribution in [0, 0.1) is 5.92 Å². The summed E-state index contributed by atoms with van der Waals surface area (Å²) in [6.07, 6.45) is 1.98. The highest BCUT2D eigenvalue weighted by atomic mass is 16.4. The molecule has 2 aromatic carbocycles. The number of nitrogens with one attached hydrogen (secondary N) is 1. The second-order valence-corrected chi connectivity index (χ2v) is 6.30. The number of carboxylic acid groups (broad SMARTS) is 1. The van der Waals surface area contributed by atoms with Gasteiger partial charge in [-0.1, -0.05) is 36.4 Å². The number of anilines is 1. The summed E-state index contributed by atoms with van der Waals surface area (Å²) >= 11 is 0. The summed E-state index contributed by atoms with van der Waals surface area (Å²) in [5.41, 5.74) is 0.820. The fourth-order valence-corrected chi connectivity index (χ4v) is 3.27. The van der Waals surface area contributed by atoms with E-state index in [1.807, 2.05) is 42.5 Å². The number of amides is 1. The van der Waals surface area contributed by atoms with Crippen LogP contribution in [0.15, 0.2) is 42.5 Å². The number of fused-ring (bicyclic) bond motifs is 1. The number of carboxylic acids is 1. The minimum absolute atomic E-state index is 0.0381. The standard InChI is InChI=1S/C19H22N2O3/c22-18(10-12-21-11-4-7-15(13-21)19(23)24)20-17-9-3-6-14-5-1-2-8-16(14)17/h1-3,5-6,8-9,15H,4,7,10-13H2,(H,20,22)(H,23,24). The van der Waals surface area contributed by atoms with Gasteiger partial charge in [-0.25, -0.2) is 0 Å². The minimum atomic E-state index is -0.736.